The zero-order valence-electron chi connectivity index (χ0n) is 16.5. The van der Waals surface area contributed by atoms with Crippen LogP contribution < -0.4 is 0 Å². The van der Waals surface area contributed by atoms with E-state index in [1.54, 1.807) is 33.0 Å². The molecule has 29 heavy (non-hydrogen) atoms. The second-order valence-electron chi connectivity index (χ2n) is 8.06. The molecule has 1 atom stereocenters. The Kier molecular flexibility index (Phi) is 5.86. The molecule has 0 aromatic carbocycles. The molecule has 1 aliphatic heterocycles. The number of carbonyl (C=O) groups excluding carboxylic acids is 1. The van der Waals surface area contributed by atoms with Gasteiger partial charge in [0, 0.05) is 23.5 Å². The predicted molar refractivity (Wildman–Crippen MR) is 117 cm³/mol. The Morgan fingerprint density at radius 3 is 2.45 bits per heavy atom. The van der Waals surface area contributed by atoms with Gasteiger partial charge in [0.15, 0.2) is 5.76 Å². The van der Waals surface area contributed by atoms with Crippen molar-refractivity contribution < 1.29 is 13.7 Å². The number of hydrogen-bond donors (Lipinski definition) is 0. The topological polar surface area (TPSA) is 69.2 Å². The average Bonchev–Trinajstić information content (AvgIpc) is 2.64. The monoisotopic (exact) mass is 472 g/mol. The molecule has 0 radical (unpaired) electrons. The first-order valence-electron chi connectivity index (χ1n) is 8.71. The molecule has 0 fully saturated rings. The lowest BCUT2D eigenvalue weighted by molar-refractivity contribution is -0.145. The Labute approximate surface area is 186 Å². The summed E-state index contributed by atoms with van der Waals surface area (Å²) < 4.78 is 18.6. The Morgan fingerprint density at radius 2 is 1.83 bits per heavy atom. The number of esters is 1. The molecule has 3 rings (SSSR count). The molecule has 0 saturated heterocycles. The van der Waals surface area contributed by atoms with Gasteiger partial charge >= 0.3 is 5.97 Å². The van der Waals surface area contributed by atoms with Gasteiger partial charge in [-0.25, -0.2) is 4.98 Å². The summed E-state index contributed by atoms with van der Waals surface area (Å²) in [4.78, 5) is 21.2. The van der Waals surface area contributed by atoms with Crippen molar-refractivity contribution in [1.29, 1.82) is 0 Å². The Bertz CT molecular complexity index is 1080. The number of ether oxygens (including phenoxy) is 1. The molecule has 9 heteroatoms. The van der Waals surface area contributed by atoms with Gasteiger partial charge in [-0.1, -0.05) is 40.9 Å². The van der Waals surface area contributed by atoms with Crippen molar-refractivity contribution in [3.63, 3.8) is 0 Å². The minimum absolute atomic E-state index is 0.00156. The van der Waals surface area contributed by atoms with Gasteiger partial charge in [0.1, 0.15) is 10.8 Å². The lowest BCUT2D eigenvalue weighted by Crippen LogP contribution is -2.32. The summed E-state index contributed by atoms with van der Waals surface area (Å²) in [7, 11) is -1.70. The van der Waals surface area contributed by atoms with E-state index in [4.69, 9.17) is 39.5 Å². The van der Waals surface area contributed by atoms with Crippen LogP contribution in [-0.4, -0.2) is 20.1 Å². The van der Waals surface area contributed by atoms with Gasteiger partial charge in [0.05, 0.1) is 35.9 Å². The van der Waals surface area contributed by atoms with E-state index in [-0.39, 0.29) is 31.4 Å². The first-order valence-corrected chi connectivity index (χ1v) is 11.0. The van der Waals surface area contributed by atoms with E-state index in [0.29, 0.717) is 11.3 Å². The maximum atomic E-state index is 13.7. The normalized spacial score (nSPS) is 18.4. The standard InChI is InChI=1S/C20H19Cl3N2O3S/c1-19(2,3)18(26)28-15-14-10(7-6-8-24-14)20(4,5)29(27)16(15)12-11(21)9-25-17(23)13(12)22/h6-9H,1-5H3. The molecule has 1 aliphatic rings. The van der Waals surface area contributed by atoms with Crippen LogP contribution in [0.25, 0.3) is 10.7 Å². The van der Waals surface area contributed by atoms with Gasteiger partial charge in [-0.2, -0.15) is 0 Å². The highest BCUT2D eigenvalue weighted by Crippen LogP contribution is 2.50. The van der Waals surface area contributed by atoms with Crippen LogP contribution in [0.3, 0.4) is 0 Å². The van der Waals surface area contributed by atoms with Crippen molar-refractivity contribution in [2.24, 2.45) is 5.41 Å². The zero-order chi connectivity index (χ0) is 21.7. The summed E-state index contributed by atoms with van der Waals surface area (Å²) in [5, 5.41) is 0.172. The highest BCUT2D eigenvalue weighted by atomic mass is 35.5. The van der Waals surface area contributed by atoms with Crippen LogP contribution in [0.2, 0.25) is 15.2 Å². The van der Waals surface area contributed by atoms with E-state index < -0.39 is 26.9 Å². The van der Waals surface area contributed by atoms with Crippen LogP contribution >= 0.6 is 34.8 Å². The summed E-state index contributed by atoms with van der Waals surface area (Å²) in [6.45, 7) is 8.80. The zero-order valence-corrected chi connectivity index (χ0v) is 19.6. The van der Waals surface area contributed by atoms with Gasteiger partial charge in [-0.15, -0.1) is 0 Å². The summed E-state index contributed by atoms with van der Waals surface area (Å²) in [5.74, 6) is -0.449. The molecule has 2 aromatic heterocycles. The van der Waals surface area contributed by atoms with E-state index in [1.165, 1.54) is 6.20 Å². The van der Waals surface area contributed by atoms with Gasteiger partial charge in [0.2, 0.25) is 0 Å². The summed E-state index contributed by atoms with van der Waals surface area (Å²) in [6.07, 6.45) is 2.90. The molecule has 154 valence electrons. The number of aromatic nitrogens is 2. The van der Waals surface area contributed by atoms with Crippen LogP contribution in [0, 0.1) is 5.41 Å². The number of fused-ring (bicyclic) bond motifs is 1. The fraction of sp³-hybridized carbons (Fsp3) is 0.350. The van der Waals surface area contributed by atoms with Crippen molar-refractivity contribution in [3.05, 3.63) is 56.5 Å². The Hall–Kier alpha value is -1.47. The predicted octanol–water partition coefficient (Wildman–Crippen LogP) is 5.85. The van der Waals surface area contributed by atoms with Gasteiger partial charge < -0.3 is 4.74 Å². The van der Waals surface area contributed by atoms with E-state index in [2.05, 4.69) is 9.97 Å². The van der Waals surface area contributed by atoms with Crippen molar-refractivity contribution >= 4 is 62.2 Å². The third-order valence-corrected chi connectivity index (χ3v) is 7.44. The number of carbonyl (C=O) groups is 1. The van der Waals surface area contributed by atoms with Crippen LogP contribution in [0.5, 0.6) is 0 Å². The highest BCUT2D eigenvalue weighted by molar-refractivity contribution is 7.95. The van der Waals surface area contributed by atoms with Crippen LogP contribution in [0.4, 0.5) is 0 Å². The number of nitrogens with zero attached hydrogens (tertiary/aromatic N) is 2. The number of hydrogen-bond acceptors (Lipinski definition) is 5. The fourth-order valence-corrected chi connectivity index (χ4v) is 5.18. The maximum absolute atomic E-state index is 13.7. The molecule has 0 amide bonds. The number of halogens is 3. The Morgan fingerprint density at radius 1 is 1.17 bits per heavy atom. The molecule has 5 nitrogen and oxygen atoms in total. The molecular weight excluding hydrogens is 455 g/mol. The molecule has 1 unspecified atom stereocenters. The van der Waals surface area contributed by atoms with Crippen LogP contribution in [0.15, 0.2) is 24.5 Å². The van der Waals surface area contributed by atoms with E-state index in [9.17, 15) is 9.00 Å². The number of rotatable bonds is 2. The minimum atomic E-state index is -1.70. The first-order chi connectivity index (χ1) is 13.4. The SMILES string of the molecule is CC(C)(C)C(=O)OC1=C(c2c(Cl)cnc(Cl)c2Cl)S(=O)C(C)(C)c2cccnc21. The smallest absolute Gasteiger partial charge is 0.316 e. The third kappa shape index (κ3) is 3.83. The lowest BCUT2D eigenvalue weighted by atomic mass is 9.96. The van der Waals surface area contributed by atoms with Crippen molar-refractivity contribution in [1.82, 2.24) is 9.97 Å². The largest absolute Gasteiger partial charge is 0.422 e. The second-order valence-corrected chi connectivity index (χ2v) is 11.2. The fourth-order valence-electron chi connectivity index (χ4n) is 2.82. The van der Waals surface area contributed by atoms with E-state index >= 15 is 0 Å². The summed E-state index contributed by atoms with van der Waals surface area (Å²) >= 11 is 18.9. The first kappa shape index (κ1) is 22.2. The molecule has 3 heterocycles. The quantitative estimate of drug-likeness (QED) is 0.404. The molecule has 0 spiro atoms. The Balaban J connectivity index is 2.42. The van der Waals surface area contributed by atoms with Crippen molar-refractivity contribution in [2.45, 2.75) is 39.4 Å². The second kappa shape index (κ2) is 7.65. The highest BCUT2D eigenvalue weighted by Gasteiger charge is 2.44. The molecule has 0 saturated carbocycles. The van der Waals surface area contributed by atoms with Gasteiger partial charge in [-0.3, -0.25) is 14.0 Å². The summed E-state index contributed by atoms with van der Waals surface area (Å²) in [5.41, 5.74) is 0.508. The van der Waals surface area contributed by atoms with Crippen molar-refractivity contribution in [3.8, 4) is 0 Å². The van der Waals surface area contributed by atoms with Crippen molar-refractivity contribution in [2.75, 3.05) is 0 Å². The van der Waals surface area contributed by atoms with Crippen LogP contribution in [0.1, 0.15) is 51.4 Å². The average molecular weight is 474 g/mol. The van der Waals surface area contributed by atoms with Crippen LogP contribution in [-0.2, 0) is 25.1 Å². The molecule has 0 aliphatic carbocycles. The minimum Gasteiger partial charge on any atom is -0.422 e. The van der Waals surface area contributed by atoms with Gasteiger partial charge in [-0.05, 0) is 40.7 Å². The lowest BCUT2D eigenvalue weighted by Gasteiger charge is -2.34. The molecular formula is C20H19Cl3N2O3S. The van der Waals surface area contributed by atoms with Gasteiger partial charge in [0.25, 0.3) is 0 Å². The summed E-state index contributed by atoms with van der Waals surface area (Å²) in [6, 6.07) is 3.56. The molecule has 2 aromatic rings. The number of pyridine rings is 2. The third-order valence-electron chi connectivity index (χ3n) is 4.49. The molecule has 0 bridgehead atoms. The van der Waals surface area contributed by atoms with E-state index in [1.807, 2.05) is 19.9 Å². The maximum Gasteiger partial charge on any atom is 0.316 e. The van der Waals surface area contributed by atoms with E-state index in [0.717, 1.165) is 0 Å². The molecule has 0 N–H and O–H groups in total.